The lowest BCUT2D eigenvalue weighted by atomic mass is 9.87. The molecule has 0 saturated carbocycles. The van der Waals surface area contributed by atoms with E-state index in [1.807, 2.05) is 336 Å². The second-order valence-corrected chi connectivity index (χ2v) is 26.5. The van der Waals surface area contributed by atoms with Gasteiger partial charge in [-0.25, -0.2) is 0 Å². The Balaban J connectivity index is -0.000000227. The fraction of sp³-hybridized carbons (Fsp3) is 0.381. The molecule has 7 nitrogen and oxygen atoms in total. The van der Waals surface area contributed by atoms with Crippen molar-refractivity contribution in [2.75, 3.05) is 28.4 Å². The van der Waals surface area contributed by atoms with E-state index in [-0.39, 0.29) is 22.3 Å². The van der Waals surface area contributed by atoms with Gasteiger partial charge in [0.25, 0.3) is 0 Å². The molecule has 0 N–H and O–H groups in total. The summed E-state index contributed by atoms with van der Waals surface area (Å²) in [5.74, 6) is 10.7. The Morgan fingerprint density at radius 3 is 0.586 bits per heavy atom. The molecule has 0 radical (unpaired) electrons. The van der Waals surface area contributed by atoms with E-state index in [2.05, 4.69) is 219 Å². The van der Waals surface area contributed by atoms with Crippen molar-refractivity contribution in [1.82, 2.24) is 0 Å². The molecule has 133 heavy (non-hydrogen) atoms. The van der Waals surface area contributed by atoms with E-state index < -0.39 is 0 Å². The van der Waals surface area contributed by atoms with Crippen LogP contribution >= 0.6 is 0 Å². The highest BCUT2D eigenvalue weighted by molar-refractivity contribution is 5.65. The lowest BCUT2D eigenvalue weighted by Gasteiger charge is -2.18. The van der Waals surface area contributed by atoms with Crippen LogP contribution in [0.5, 0.6) is 57.5 Å². The summed E-state index contributed by atoms with van der Waals surface area (Å²) in [6.45, 7) is 65.4. The van der Waals surface area contributed by atoms with Crippen LogP contribution in [0.4, 0.5) is 0 Å². The molecule has 13 aromatic rings. The maximum atomic E-state index is 5.85. The van der Waals surface area contributed by atoms with E-state index in [4.69, 9.17) is 33.2 Å². The first-order valence-corrected chi connectivity index (χ1v) is 48.9. The molecule has 0 amide bonds. The number of hydrogen-bond acceptors (Lipinski definition) is 7. The van der Waals surface area contributed by atoms with Gasteiger partial charge >= 0.3 is 0 Å². The summed E-state index contributed by atoms with van der Waals surface area (Å²) in [7, 11) is 6.71. The van der Waals surface area contributed by atoms with Gasteiger partial charge in [0, 0.05) is 0 Å². The molecule has 3 atom stereocenters. The van der Waals surface area contributed by atoms with Gasteiger partial charge in [0.1, 0.15) is 57.5 Å². The van der Waals surface area contributed by atoms with Crippen molar-refractivity contribution in [3.8, 4) is 68.6 Å². The molecule has 736 valence electrons. The van der Waals surface area contributed by atoms with Crippen molar-refractivity contribution >= 4 is 0 Å². The second-order valence-electron chi connectivity index (χ2n) is 26.5. The molecule has 0 aliphatic carbocycles. The predicted molar refractivity (Wildman–Crippen MR) is 599 cm³/mol. The highest BCUT2D eigenvalue weighted by atomic mass is 16.5. The Labute approximate surface area is 820 Å². The fourth-order valence-electron chi connectivity index (χ4n) is 11.5. The van der Waals surface area contributed by atoms with Crippen molar-refractivity contribution in [3.05, 3.63) is 395 Å². The van der Waals surface area contributed by atoms with E-state index in [1.54, 1.807) is 28.4 Å². The molecule has 0 aromatic heterocycles. The SMILES string of the molecule is C.C.C.CC.CC.CC.CC.CC.CC.CC.CC.CC.CC.CC.CC.CCC(C)c1ccccc1.CCC(CCC(C)c1ccccc1)c1ccccc1.COc1ccc(-c2ccc(Oc3ccc(C)cc3)cc2)cc1.COc1ccc(C)cc1.COc1ccc(Cc2ccc(Oc3ccc(C)cc3)cc2)cc1.COc1ccc(Cc2ccc(Oc3ccc(C)cc3)cc2)cc1. The third-order valence-corrected chi connectivity index (χ3v) is 18.3. The largest absolute Gasteiger partial charge is 0.497 e. The molecule has 3 unspecified atom stereocenters. The normalized spacial score (nSPS) is 9.41. The molecule has 13 aromatic carbocycles. The maximum absolute atomic E-state index is 5.85. The molecule has 0 aliphatic heterocycles. The molecule has 0 aliphatic rings. The zero-order valence-corrected chi connectivity index (χ0v) is 88.1. The zero-order valence-electron chi connectivity index (χ0n) is 88.1. The molecular weight excluding hydrogens is 1630 g/mol. The van der Waals surface area contributed by atoms with E-state index in [0.717, 1.165) is 81.5 Å². The lowest BCUT2D eigenvalue weighted by Crippen LogP contribution is -2.01. The van der Waals surface area contributed by atoms with Crippen LogP contribution in [0.15, 0.2) is 334 Å². The Morgan fingerprint density at radius 2 is 0.376 bits per heavy atom. The third kappa shape index (κ3) is 61.7. The van der Waals surface area contributed by atoms with Crippen molar-refractivity contribution in [2.45, 2.75) is 300 Å². The van der Waals surface area contributed by atoms with Crippen LogP contribution in [0.3, 0.4) is 0 Å². The van der Waals surface area contributed by atoms with Crippen molar-refractivity contribution in [1.29, 1.82) is 0 Å². The van der Waals surface area contributed by atoms with Gasteiger partial charge in [-0.1, -0.05) is 451 Å². The number of ether oxygens (including phenoxy) is 7. The summed E-state index contributed by atoms with van der Waals surface area (Å²) in [6, 6.07) is 113. The molecule has 0 heterocycles. The molecule has 7 heteroatoms. The van der Waals surface area contributed by atoms with Crippen LogP contribution in [-0.2, 0) is 12.8 Å². The topological polar surface area (TPSA) is 64.6 Å². The van der Waals surface area contributed by atoms with E-state index in [0.29, 0.717) is 17.8 Å². The minimum absolute atomic E-state index is 0. The predicted octanol–water partition coefficient (Wildman–Crippen LogP) is 41.4. The Morgan fingerprint density at radius 1 is 0.195 bits per heavy atom. The van der Waals surface area contributed by atoms with Crippen LogP contribution in [0.1, 0.15) is 321 Å². The van der Waals surface area contributed by atoms with E-state index in [1.165, 1.54) is 86.9 Å². The average molecular weight is 1820 g/mol. The quantitative estimate of drug-likeness (QED) is 0.0632. The third-order valence-electron chi connectivity index (χ3n) is 18.3. The first kappa shape index (κ1) is 137. The highest BCUT2D eigenvalue weighted by Gasteiger charge is 2.13. The van der Waals surface area contributed by atoms with Crippen LogP contribution < -0.4 is 33.2 Å². The fourth-order valence-corrected chi connectivity index (χ4v) is 11.5. The van der Waals surface area contributed by atoms with Gasteiger partial charge in [0.15, 0.2) is 0 Å². The number of hydrogen-bond donors (Lipinski definition) is 0. The second kappa shape index (κ2) is 95.1. The lowest BCUT2D eigenvalue weighted by molar-refractivity contribution is 0.414. The van der Waals surface area contributed by atoms with E-state index >= 15 is 0 Å². The zero-order chi connectivity index (χ0) is 99.1. The standard InChI is InChI=1S/2C21H20O2.C20H18O2.C19H24.C10H14.C8H10O.12C2H6.3CH4/c2*1-16-3-9-20(10-4-16)23-21-13-7-18(8-14-21)15-17-5-11-19(22-2)12-6-17;1-15-3-9-19(10-4-15)22-20-13-7-17(8-14-20)16-5-11-18(21-2)12-6-16;1-3-17(19-12-8-5-9-13-19)15-14-16(2)18-10-6-4-7-11-18;1-3-9(2)10-7-5-4-6-8-10;1-7-3-5-8(9-2)6-4-7;12*1-2;;;/h2*3-14H,15H2,1-2H3;3-14H,1-2H3;4-13,16-17H,3,14-15H2,1-2H3;4-9H,3H2,1-2H3;3-6H,1-2H3;12*1-2H3;3*1H4. The molecule has 13 rings (SSSR count). The van der Waals surface area contributed by atoms with Crippen molar-refractivity contribution in [2.24, 2.45) is 0 Å². The van der Waals surface area contributed by atoms with Gasteiger partial charge < -0.3 is 33.2 Å². The first-order chi connectivity index (χ1) is 63.7. The first-order valence-electron chi connectivity index (χ1n) is 48.9. The monoisotopic (exact) mass is 1820 g/mol. The Hall–Kier alpha value is -11.5. The van der Waals surface area contributed by atoms with Gasteiger partial charge in [-0.05, 0) is 255 Å². The van der Waals surface area contributed by atoms with Gasteiger partial charge in [-0.3, -0.25) is 0 Å². The Kier molecular flexibility index (Phi) is 97.9. The maximum Gasteiger partial charge on any atom is 0.127 e. The molecule has 0 spiro atoms. The number of rotatable bonds is 23. The van der Waals surface area contributed by atoms with E-state index in [9.17, 15) is 0 Å². The van der Waals surface area contributed by atoms with Gasteiger partial charge in [-0.2, -0.15) is 0 Å². The number of methoxy groups -OCH3 is 4. The molecule has 0 fully saturated rings. The van der Waals surface area contributed by atoms with Crippen molar-refractivity contribution in [3.63, 3.8) is 0 Å². The summed E-state index contributed by atoms with van der Waals surface area (Å²) >= 11 is 0. The number of aryl methyl sites for hydroxylation is 4. The summed E-state index contributed by atoms with van der Waals surface area (Å²) in [5.41, 5.74) is 16.7. The minimum atomic E-state index is 0. The van der Waals surface area contributed by atoms with Gasteiger partial charge in [0.05, 0.1) is 28.4 Å². The van der Waals surface area contributed by atoms with Gasteiger partial charge in [0.2, 0.25) is 0 Å². The summed E-state index contributed by atoms with van der Waals surface area (Å²) in [5, 5.41) is 0. The average Bonchev–Trinajstić information content (AvgIpc) is 0.805. The van der Waals surface area contributed by atoms with Crippen LogP contribution in [-0.4, -0.2) is 28.4 Å². The summed E-state index contributed by atoms with van der Waals surface area (Å²) in [6.07, 6.45) is 6.78. The molecule has 0 bridgehead atoms. The van der Waals surface area contributed by atoms with Crippen LogP contribution in [0, 0.1) is 27.7 Å². The molecule has 0 saturated heterocycles. The minimum Gasteiger partial charge on any atom is -0.497 e. The van der Waals surface area contributed by atoms with Crippen LogP contribution in [0.25, 0.3) is 11.1 Å². The van der Waals surface area contributed by atoms with Crippen LogP contribution in [0.2, 0.25) is 0 Å². The van der Waals surface area contributed by atoms with Gasteiger partial charge in [-0.15, -0.1) is 0 Å². The summed E-state index contributed by atoms with van der Waals surface area (Å²) < 4.78 is 38.1. The smallest absolute Gasteiger partial charge is 0.127 e. The molecular formula is C126H190O7. The van der Waals surface area contributed by atoms with Crippen molar-refractivity contribution < 1.29 is 33.2 Å². The Bertz CT molecular complexity index is 4340. The highest BCUT2D eigenvalue weighted by Crippen LogP contribution is 2.32. The summed E-state index contributed by atoms with van der Waals surface area (Å²) in [4.78, 5) is 0. The number of benzene rings is 13.